The van der Waals surface area contributed by atoms with Gasteiger partial charge in [-0.25, -0.2) is 4.39 Å². The van der Waals surface area contributed by atoms with Gasteiger partial charge in [0.25, 0.3) is 0 Å². The highest BCUT2D eigenvalue weighted by atomic mass is 32.2. The van der Waals surface area contributed by atoms with E-state index in [0.29, 0.717) is 5.56 Å². The first-order chi connectivity index (χ1) is 6.77. The third-order valence-electron chi connectivity index (χ3n) is 2.48. The topological polar surface area (TPSA) is 33.1 Å². The summed E-state index contributed by atoms with van der Waals surface area (Å²) in [6.07, 6.45) is 3.13. The van der Waals surface area contributed by atoms with Crippen LogP contribution in [-0.2, 0) is 0 Å². The van der Waals surface area contributed by atoms with E-state index >= 15 is 0 Å². The zero-order valence-electron chi connectivity index (χ0n) is 7.69. The molecule has 1 aromatic heterocycles. The summed E-state index contributed by atoms with van der Waals surface area (Å²) in [7, 11) is 0. The van der Waals surface area contributed by atoms with Crippen LogP contribution in [0.15, 0.2) is 18.5 Å². The molecule has 1 N–H and O–H groups in total. The van der Waals surface area contributed by atoms with Gasteiger partial charge in [0, 0.05) is 11.8 Å². The predicted octanol–water partition coefficient (Wildman–Crippen LogP) is 2.01. The summed E-state index contributed by atoms with van der Waals surface area (Å²) in [5.41, 5.74) is 0.595. The number of aromatic nitrogens is 1. The van der Waals surface area contributed by atoms with E-state index in [4.69, 9.17) is 0 Å². The number of thioether (sulfide) groups is 1. The number of hydrogen-bond acceptors (Lipinski definition) is 3. The normalized spacial score (nSPS) is 23.7. The fraction of sp³-hybridized carbons (Fsp3) is 0.500. The lowest BCUT2D eigenvalue weighted by atomic mass is 9.96. The lowest BCUT2D eigenvalue weighted by Gasteiger charge is -2.16. The number of aliphatic hydroxyl groups is 1. The van der Waals surface area contributed by atoms with E-state index < -0.39 is 6.10 Å². The molecule has 0 bridgehead atoms. The van der Waals surface area contributed by atoms with Gasteiger partial charge in [-0.15, -0.1) is 0 Å². The average Bonchev–Trinajstić information content (AvgIpc) is 2.69. The maximum absolute atomic E-state index is 12.8. The van der Waals surface area contributed by atoms with Crippen molar-refractivity contribution in [2.24, 2.45) is 5.92 Å². The molecule has 0 spiro atoms. The summed E-state index contributed by atoms with van der Waals surface area (Å²) in [6, 6.07) is 1.36. The van der Waals surface area contributed by atoms with E-state index in [9.17, 15) is 9.50 Å². The van der Waals surface area contributed by atoms with Gasteiger partial charge in [0.2, 0.25) is 0 Å². The molecular weight excluding hydrogens is 201 g/mol. The lowest BCUT2D eigenvalue weighted by molar-refractivity contribution is 0.120. The van der Waals surface area contributed by atoms with Crippen molar-refractivity contribution >= 4 is 11.8 Å². The monoisotopic (exact) mass is 213 g/mol. The lowest BCUT2D eigenvalue weighted by Crippen LogP contribution is -2.12. The fourth-order valence-electron chi connectivity index (χ4n) is 1.66. The number of halogens is 1. The SMILES string of the molecule is OC(c1cncc(F)c1)C1CCSC1. The van der Waals surface area contributed by atoms with Crippen LogP contribution < -0.4 is 0 Å². The van der Waals surface area contributed by atoms with Crippen LogP contribution in [0.5, 0.6) is 0 Å². The van der Waals surface area contributed by atoms with E-state index in [2.05, 4.69) is 4.98 Å². The van der Waals surface area contributed by atoms with Crippen LogP contribution in [0.3, 0.4) is 0 Å². The molecule has 2 atom stereocenters. The van der Waals surface area contributed by atoms with E-state index in [-0.39, 0.29) is 11.7 Å². The average molecular weight is 213 g/mol. The van der Waals surface area contributed by atoms with Crippen LogP contribution in [0, 0.1) is 11.7 Å². The van der Waals surface area contributed by atoms with E-state index in [1.54, 1.807) is 0 Å². The first kappa shape index (κ1) is 9.93. The van der Waals surface area contributed by atoms with Gasteiger partial charge in [0.15, 0.2) is 0 Å². The van der Waals surface area contributed by atoms with Gasteiger partial charge in [0.1, 0.15) is 5.82 Å². The smallest absolute Gasteiger partial charge is 0.141 e. The van der Waals surface area contributed by atoms with Crippen LogP contribution in [-0.4, -0.2) is 21.6 Å². The summed E-state index contributed by atoms with van der Waals surface area (Å²) < 4.78 is 12.8. The van der Waals surface area contributed by atoms with Crippen molar-refractivity contribution < 1.29 is 9.50 Å². The van der Waals surface area contributed by atoms with Gasteiger partial charge in [-0.3, -0.25) is 4.98 Å². The Morgan fingerprint density at radius 2 is 2.43 bits per heavy atom. The standard InChI is InChI=1S/C10H12FNOS/c11-9-3-8(4-12-5-9)10(13)7-1-2-14-6-7/h3-5,7,10,13H,1-2,6H2. The Balaban J connectivity index is 2.13. The van der Waals surface area contributed by atoms with Gasteiger partial charge in [-0.05, 0) is 29.9 Å². The molecule has 0 radical (unpaired) electrons. The van der Waals surface area contributed by atoms with Crippen molar-refractivity contribution in [2.45, 2.75) is 12.5 Å². The van der Waals surface area contributed by atoms with Gasteiger partial charge in [-0.2, -0.15) is 11.8 Å². The minimum absolute atomic E-state index is 0.253. The molecule has 2 unspecified atom stereocenters. The summed E-state index contributed by atoms with van der Waals surface area (Å²) in [5, 5.41) is 9.92. The van der Waals surface area contributed by atoms with Crippen molar-refractivity contribution in [1.82, 2.24) is 4.98 Å². The molecule has 2 nitrogen and oxygen atoms in total. The van der Waals surface area contributed by atoms with Gasteiger partial charge < -0.3 is 5.11 Å². The molecule has 0 amide bonds. The molecule has 1 aliphatic rings. The molecule has 76 valence electrons. The second-order valence-corrected chi connectivity index (χ2v) is 4.65. The Morgan fingerprint density at radius 3 is 3.07 bits per heavy atom. The first-order valence-corrected chi connectivity index (χ1v) is 5.79. The van der Waals surface area contributed by atoms with Crippen molar-refractivity contribution in [3.05, 3.63) is 29.8 Å². The fourth-order valence-corrected chi connectivity index (χ4v) is 2.95. The Hall–Kier alpha value is -0.610. The molecule has 14 heavy (non-hydrogen) atoms. The third-order valence-corrected chi connectivity index (χ3v) is 3.67. The van der Waals surface area contributed by atoms with Gasteiger partial charge >= 0.3 is 0 Å². The molecule has 1 aliphatic heterocycles. The quantitative estimate of drug-likeness (QED) is 0.815. The van der Waals surface area contributed by atoms with Crippen LogP contribution >= 0.6 is 11.8 Å². The highest BCUT2D eigenvalue weighted by molar-refractivity contribution is 7.99. The third kappa shape index (κ3) is 2.07. The Morgan fingerprint density at radius 1 is 1.57 bits per heavy atom. The van der Waals surface area contributed by atoms with Crippen LogP contribution in [0.1, 0.15) is 18.1 Å². The molecule has 1 saturated heterocycles. The summed E-state index contributed by atoms with van der Waals surface area (Å²) in [6.45, 7) is 0. The summed E-state index contributed by atoms with van der Waals surface area (Å²) in [5.74, 6) is 1.91. The molecule has 4 heteroatoms. The number of pyridine rings is 1. The van der Waals surface area contributed by atoms with Crippen molar-refractivity contribution in [1.29, 1.82) is 0 Å². The largest absolute Gasteiger partial charge is 0.388 e. The summed E-state index contributed by atoms with van der Waals surface area (Å²) >= 11 is 1.84. The molecule has 0 aromatic carbocycles. The molecular formula is C10H12FNOS. The van der Waals surface area contributed by atoms with E-state index in [0.717, 1.165) is 24.1 Å². The molecule has 2 heterocycles. The van der Waals surface area contributed by atoms with Crippen LogP contribution in [0.2, 0.25) is 0 Å². The predicted molar refractivity (Wildman–Crippen MR) is 54.6 cm³/mol. The number of nitrogens with zero attached hydrogens (tertiary/aromatic N) is 1. The second-order valence-electron chi connectivity index (χ2n) is 3.50. The van der Waals surface area contributed by atoms with Crippen molar-refractivity contribution in [2.75, 3.05) is 11.5 Å². The van der Waals surface area contributed by atoms with E-state index in [1.165, 1.54) is 12.3 Å². The minimum Gasteiger partial charge on any atom is -0.388 e. The highest BCUT2D eigenvalue weighted by Crippen LogP contribution is 2.33. The number of rotatable bonds is 2. The van der Waals surface area contributed by atoms with Gasteiger partial charge in [-0.1, -0.05) is 0 Å². The Labute approximate surface area is 86.6 Å². The molecule has 1 fully saturated rings. The van der Waals surface area contributed by atoms with Crippen molar-refractivity contribution in [3.8, 4) is 0 Å². The molecule has 1 aromatic rings. The zero-order valence-corrected chi connectivity index (χ0v) is 8.51. The zero-order chi connectivity index (χ0) is 9.97. The highest BCUT2D eigenvalue weighted by Gasteiger charge is 2.25. The maximum atomic E-state index is 12.8. The van der Waals surface area contributed by atoms with Crippen LogP contribution in [0.25, 0.3) is 0 Å². The second kappa shape index (κ2) is 4.28. The van der Waals surface area contributed by atoms with Crippen LogP contribution in [0.4, 0.5) is 4.39 Å². The Kier molecular flexibility index (Phi) is 3.03. The molecule has 0 aliphatic carbocycles. The molecule has 0 saturated carbocycles. The minimum atomic E-state index is -0.562. The number of aliphatic hydroxyl groups excluding tert-OH is 1. The Bertz CT molecular complexity index is 315. The van der Waals surface area contributed by atoms with Gasteiger partial charge in [0.05, 0.1) is 12.3 Å². The number of hydrogen-bond donors (Lipinski definition) is 1. The van der Waals surface area contributed by atoms with Crippen molar-refractivity contribution in [3.63, 3.8) is 0 Å². The van der Waals surface area contributed by atoms with E-state index in [1.807, 2.05) is 11.8 Å². The summed E-state index contributed by atoms with van der Waals surface area (Å²) in [4.78, 5) is 3.73. The molecule has 2 rings (SSSR count). The first-order valence-electron chi connectivity index (χ1n) is 4.63. The maximum Gasteiger partial charge on any atom is 0.141 e.